The molecule has 0 radical (unpaired) electrons. The van der Waals surface area contributed by atoms with Crippen LogP contribution in [0, 0.1) is 5.92 Å². The first kappa shape index (κ1) is 12.7. The first-order valence-corrected chi connectivity index (χ1v) is 7.15. The summed E-state index contributed by atoms with van der Waals surface area (Å²) in [6.07, 6.45) is 2.98. The Morgan fingerprint density at radius 1 is 1.26 bits per heavy atom. The van der Waals surface area contributed by atoms with Crippen molar-refractivity contribution in [2.45, 2.75) is 32.2 Å². The highest BCUT2D eigenvalue weighted by atomic mass is 16.5. The van der Waals surface area contributed by atoms with Crippen LogP contribution in [0.25, 0.3) is 11.0 Å². The van der Waals surface area contributed by atoms with Gasteiger partial charge in [0.2, 0.25) is 0 Å². The molecule has 1 aromatic carbocycles. The van der Waals surface area contributed by atoms with Crippen molar-refractivity contribution in [3.05, 3.63) is 35.6 Å². The molecule has 1 aliphatic rings. The van der Waals surface area contributed by atoms with Crippen molar-refractivity contribution in [1.29, 1.82) is 0 Å². The molecule has 3 nitrogen and oxygen atoms in total. The van der Waals surface area contributed by atoms with Crippen LogP contribution in [0.3, 0.4) is 0 Å². The molecule has 1 saturated heterocycles. The lowest BCUT2D eigenvalue weighted by Crippen LogP contribution is -2.27. The molecule has 19 heavy (non-hydrogen) atoms. The number of fused-ring (bicyclic) bond motifs is 1. The number of nitrogens with two attached hydrogens (primary N) is 1. The maximum absolute atomic E-state index is 6.54. The van der Waals surface area contributed by atoms with E-state index in [9.17, 15) is 0 Å². The summed E-state index contributed by atoms with van der Waals surface area (Å²) in [4.78, 5) is 0. The van der Waals surface area contributed by atoms with Crippen molar-refractivity contribution in [3.63, 3.8) is 0 Å². The quantitative estimate of drug-likeness (QED) is 0.918. The first-order chi connectivity index (χ1) is 9.31. The summed E-state index contributed by atoms with van der Waals surface area (Å²) in [7, 11) is 0. The van der Waals surface area contributed by atoms with E-state index in [4.69, 9.17) is 14.9 Å². The van der Waals surface area contributed by atoms with Crippen LogP contribution in [0.4, 0.5) is 0 Å². The largest absolute Gasteiger partial charge is 0.461 e. The Hall–Kier alpha value is -1.32. The van der Waals surface area contributed by atoms with E-state index >= 15 is 0 Å². The van der Waals surface area contributed by atoms with Gasteiger partial charge in [0, 0.05) is 36.6 Å². The SMILES string of the molecule is CCc1oc2ccccc2c1C(N)C1CCOCC1. The van der Waals surface area contributed by atoms with Crippen LogP contribution < -0.4 is 5.73 Å². The molecular weight excluding hydrogens is 238 g/mol. The summed E-state index contributed by atoms with van der Waals surface area (Å²) in [6.45, 7) is 3.78. The Balaban J connectivity index is 2.02. The summed E-state index contributed by atoms with van der Waals surface area (Å²) in [5.74, 6) is 1.54. The molecule has 1 aliphatic heterocycles. The van der Waals surface area contributed by atoms with Crippen molar-refractivity contribution >= 4 is 11.0 Å². The Labute approximate surface area is 113 Å². The molecule has 0 saturated carbocycles. The Morgan fingerprint density at radius 3 is 2.74 bits per heavy atom. The van der Waals surface area contributed by atoms with Crippen LogP contribution in [0.2, 0.25) is 0 Å². The van der Waals surface area contributed by atoms with E-state index in [1.807, 2.05) is 12.1 Å². The molecule has 1 unspecified atom stereocenters. The van der Waals surface area contributed by atoms with Gasteiger partial charge in [-0.05, 0) is 24.8 Å². The maximum Gasteiger partial charge on any atom is 0.134 e. The zero-order valence-corrected chi connectivity index (χ0v) is 11.4. The third kappa shape index (κ3) is 2.28. The van der Waals surface area contributed by atoms with Crippen molar-refractivity contribution < 1.29 is 9.15 Å². The van der Waals surface area contributed by atoms with Gasteiger partial charge in [0.15, 0.2) is 0 Å². The Morgan fingerprint density at radius 2 is 2.00 bits per heavy atom. The summed E-state index contributed by atoms with van der Waals surface area (Å²) < 4.78 is 11.4. The Bertz CT molecular complexity index is 555. The third-order valence-electron chi connectivity index (χ3n) is 4.14. The smallest absolute Gasteiger partial charge is 0.134 e. The maximum atomic E-state index is 6.54. The molecule has 0 aliphatic carbocycles. The van der Waals surface area contributed by atoms with Crippen LogP contribution in [-0.2, 0) is 11.2 Å². The molecule has 2 N–H and O–H groups in total. The van der Waals surface area contributed by atoms with E-state index in [0.717, 1.165) is 43.8 Å². The fraction of sp³-hybridized carbons (Fsp3) is 0.500. The standard InChI is InChI=1S/C16H21NO2/c1-2-13-15(12-5-3-4-6-14(12)19-13)16(17)11-7-9-18-10-8-11/h3-6,11,16H,2,7-10,17H2,1H3. The predicted octanol–water partition coefficient (Wildman–Crippen LogP) is 3.42. The topological polar surface area (TPSA) is 48.4 Å². The average Bonchev–Trinajstić information content (AvgIpc) is 2.86. The van der Waals surface area contributed by atoms with E-state index < -0.39 is 0 Å². The van der Waals surface area contributed by atoms with E-state index in [0.29, 0.717) is 5.92 Å². The third-order valence-corrected chi connectivity index (χ3v) is 4.14. The summed E-state index contributed by atoms with van der Waals surface area (Å²) >= 11 is 0. The molecule has 3 heteroatoms. The first-order valence-electron chi connectivity index (χ1n) is 7.15. The number of rotatable bonds is 3. The van der Waals surface area contributed by atoms with Crippen molar-refractivity contribution in [1.82, 2.24) is 0 Å². The van der Waals surface area contributed by atoms with Gasteiger partial charge in [-0.3, -0.25) is 0 Å². The molecule has 2 heterocycles. The van der Waals surface area contributed by atoms with Gasteiger partial charge in [0.1, 0.15) is 11.3 Å². The normalized spacial score (nSPS) is 18.8. The molecule has 0 amide bonds. The average molecular weight is 259 g/mol. The molecule has 1 atom stereocenters. The van der Waals surface area contributed by atoms with E-state index in [-0.39, 0.29) is 6.04 Å². The van der Waals surface area contributed by atoms with Crippen LogP contribution in [0.15, 0.2) is 28.7 Å². The lowest BCUT2D eigenvalue weighted by Gasteiger charge is -2.27. The van der Waals surface area contributed by atoms with Crippen molar-refractivity contribution in [3.8, 4) is 0 Å². The number of furan rings is 1. The van der Waals surface area contributed by atoms with Gasteiger partial charge < -0.3 is 14.9 Å². The van der Waals surface area contributed by atoms with Gasteiger partial charge in [-0.1, -0.05) is 25.1 Å². The molecule has 2 aromatic rings. The van der Waals surface area contributed by atoms with E-state index in [1.54, 1.807) is 0 Å². The lowest BCUT2D eigenvalue weighted by molar-refractivity contribution is 0.0583. The zero-order valence-electron chi connectivity index (χ0n) is 11.4. The van der Waals surface area contributed by atoms with E-state index in [2.05, 4.69) is 19.1 Å². The van der Waals surface area contributed by atoms with Crippen LogP contribution in [0.5, 0.6) is 0 Å². The van der Waals surface area contributed by atoms with Crippen LogP contribution in [-0.4, -0.2) is 13.2 Å². The number of hydrogen-bond acceptors (Lipinski definition) is 3. The fourth-order valence-corrected chi connectivity index (χ4v) is 3.05. The number of aryl methyl sites for hydroxylation is 1. The molecule has 3 rings (SSSR count). The van der Waals surface area contributed by atoms with Crippen LogP contribution in [0.1, 0.15) is 37.1 Å². The number of benzene rings is 1. The minimum atomic E-state index is 0.0579. The lowest BCUT2D eigenvalue weighted by atomic mass is 9.86. The second-order valence-corrected chi connectivity index (χ2v) is 5.26. The summed E-state index contributed by atoms with van der Waals surface area (Å²) in [6, 6.07) is 8.26. The summed E-state index contributed by atoms with van der Waals surface area (Å²) in [5.41, 5.74) is 8.71. The van der Waals surface area contributed by atoms with Gasteiger partial charge in [0.05, 0.1) is 0 Å². The number of hydrogen-bond donors (Lipinski definition) is 1. The van der Waals surface area contributed by atoms with Gasteiger partial charge >= 0.3 is 0 Å². The Kier molecular flexibility index (Phi) is 3.58. The van der Waals surface area contributed by atoms with Gasteiger partial charge in [0.25, 0.3) is 0 Å². The van der Waals surface area contributed by atoms with Crippen molar-refractivity contribution in [2.24, 2.45) is 11.7 Å². The number of para-hydroxylation sites is 1. The molecule has 1 fully saturated rings. The second kappa shape index (κ2) is 5.35. The highest BCUT2D eigenvalue weighted by Crippen LogP contribution is 2.36. The van der Waals surface area contributed by atoms with Crippen molar-refractivity contribution in [2.75, 3.05) is 13.2 Å². The molecule has 1 aromatic heterocycles. The number of ether oxygens (including phenoxy) is 1. The fourth-order valence-electron chi connectivity index (χ4n) is 3.05. The monoisotopic (exact) mass is 259 g/mol. The predicted molar refractivity (Wildman–Crippen MR) is 76.1 cm³/mol. The molecular formula is C16H21NO2. The van der Waals surface area contributed by atoms with E-state index in [1.165, 1.54) is 10.9 Å². The minimum absolute atomic E-state index is 0.0579. The molecule has 102 valence electrons. The second-order valence-electron chi connectivity index (χ2n) is 5.26. The molecule has 0 bridgehead atoms. The van der Waals surface area contributed by atoms with Crippen LogP contribution >= 0.6 is 0 Å². The summed E-state index contributed by atoms with van der Waals surface area (Å²) in [5, 5.41) is 1.18. The minimum Gasteiger partial charge on any atom is -0.461 e. The van der Waals surface area contributed by atoms with Gasteiger partial charge in [-0.15, -0.1) is 0 Å². The molecule has 0 spiro atoms. The zero-order chi connectivity index (χ0) is 13.2. The highest BCUT2D eigenvalue weighted by molar-refractivity contribution is 5.82. The van der Waals surface area contributed by atoms with Gasteiger partial charge in [-0.2, -0.15) is 0 Å². The highest BCUT2D eigenvalue weighted by Gasteiger charge is 2.27. The van der Waals surface area contributed by atoms with Gasteiger partial charge in [-0.25, -0.2) is 0 Å².